The first-order valence-electron chi connectivity index (χ1n) is 7.07. The SMILES string of the molecule is COc1ccc(CNc2cc(C)c(C)cc2C)c(OC)c1. The van der Waals surface area contributed by atoms with E-state index < -0.39 is 0 Å². The quantitative estimate of drug-likeness (QED) is 0.891. The smallest absolute Gasteiger partial charge is 0.127 e. The number of benzene rings is 2. The van der Waals surface area contributed by atoms with Crippen molar-refractivity contribution in [2.24, 2.45) is 0 Å². The van der Waals surface area contributed by atoms with Crippen molar-refractivity contribution in [3.8, 4) is 11.5 Å². The van der Waals surface area contributed by atoms with Crippen LogP contribution in [-0.2, 0) is 6.54 Å². The van der Waals surface area contributed by atoms with Crippen molar-refractivity contribution in [2.45, 2.75) is 27.3 Å². The highest BCUT2D eigenvalue weighted by molar-refractivity contribution is 5.55. The van der Waals surface area contributed by atoms with Crippen LogP contribution < -0.4 is 14.8 Å². The molecule has 2 rings (SSSR count). The van der Waals surface area contributed by atoms with Gasteiger partial charge in [-0.1, -0.05) is 6.07 Å². The van der Waals surface area contributed by atoms with Crippen LogP contribution >= 0.6 is 0 Å². The summed E-state index contributed by atoms with van der Waals surface area (Å²) in [5.74, 6) is 1.64. The molecule has 0 saturated carbocycles. The van der Waals surface area contributed by atoms with Gasteiger partial charge in [0, 0.05) is 23.9 Å². The van der Waals surface area contributed by atoms with Gasteiger partial charge in [-0.15, -0.1) is 0 Å². The van der Waals surface area contributed by atoms with Crippen LogP contribution in [0.4, 0.5) is 5.69 Å². The fraction of sp³-hybridized carbons (Fsp3) is 0.333. The molecule has 0 aliphatic rings. The second-order valence-electron chi connectivity index (χ2n) is 5.28. The Hall–Kier alpha value is -2.16. The Morgan fingerprint density at radius 1 is 0.857 bits per heavy atom. The molecule has 3 heteroatoms. The molecule has 0 unspecified atom stereocenters. The molecule has 112 valence electrons. The van der Waals surface area contributed by atoms with Crippen LogP contribution in [0.2, 0.25) is 0 Å². The summed E-state index contributed by atoms with van der Waals surface area (Å²) in [5, 5.41) is 3.49. The van der Waals surface area contributed by atoms with Gasteiger partial charge < -0.3 is 14.8 Å². The van der Waals surface area contributed by atoms with Gasteiger partial charge >= 0.3 is 0 Å². The molecule has 0 saturated heterocycles. The summed E-state index contributed by atoms with van der Waals surface area (Å²) >= 11 is 0. The standard InChI is InChI=1S/C18H23NO2/c1-12-8-14(3)17(9-13(12)2)19-11-15-6-7-16(20-4)10-18(15)21-5/h6-10,19H,11H2,1-5H3. The van der Waals surface area contributed by atoms with E-state index in [0.29, 0.717) is 0 Å². The zero-order chi connectivity index (χ0) is 15.4. The normalized spacial score (nSPS) is 10.3. The van der Waals surface area contributed by atoms with E-state index in [1.807, 2.05) is 18.2 Å². The van der Waals surface area contributed by atoms with Crippen molar-refractivity contribution in [1.29, 1.82) is 0 Å². The van der Waals surface area contributed by atoms with E-state index in [4.69, 9.17) is 9.47 Å². The fourth-order valence-electron chi connectivity index (χ4n) is 2.34. The first-order chi connectivity index (χ1) is 10.0. The molecule has 0 spiro atoms. The van der Waals surface area contributed by atoms with Crippen LogP contribution in [0.5, 0.6) is 11.5 Å². The van der Waals surface area contributed by atoms with Crippen molar-refractivity contribution in [3.05, 3.63) is 52.6 Å². The van der Waals surface area contributed by atoms with Gasteiger partial charge in [-0.05, 0) is 55.7 Å². The molecule has 0 amide bonds. The predicted octanol–water partition coefficient (Wildman–Crippen LogP) is 4.24. The molecular weight excluding hydrogens is 262 g/mol. The van der Waals surface area contributed by atoms with Crippen molar-refractivity contribution >= 4 is 5.69 Å². The molecule has 0 fully saturated rings. The molecule has 0 radical (unpaired) electrons. The van der Waals surface area contributed by atoms with Gasteiger partial charge in [-0.2, -0.15) is 0 Å². The average molecular weight is 285 g/mol. The Kier molecular flexibility index (Phi) is 4.73. The second-order valence-corrected chi connectivity index (χ2v) is 5.28. The number of anilines is 1. The lowest BCUT2D eigenvalue weighted by atomic mass is 10.0. The topological polar surface area (TPSA) is 30.5 Å². The molecule has 1 N–H and O–H groups in total. The summed E-state index contributed by atoms with van der Waals surface area (Å²) in [6, 6.07) is 10.3. The summed E-state index contributed by atoms with van der Waals surface area (Å²) in [6.45, 7) is 7.11. The highest BCUT2D eigenvalue weighted by Gasteiger charge is 2.06. The van der Waals surface area contributed by atoms with Crippen LogP contribution in [0.15, 0.2) is 30.3 Å². The van der Waals surface area contributed by atoms with Gasteiger partial charge in [0.2, 0.25) is 0 Å². The maximum atomic E-state index is 5.43. The Bertz CT molecular complexity index is 635. The van der Waals surface area contributed by atoms with E-state index in [2.05, 4.69) is 38.2 Å². The summed E-state index contributed by atoms with van der Waals surface area (Å²) in [6.07, 6.45) is 0. The molecule has 21 heavy (non-hydrogen) atoms. The molecule has 0 atom stereocenters. The van der Waals surface area contributed by atoms with Gasteiger partial charge in [0.25, 0.3) is 0 Å². The molecule has 0 heterocycles. The number of hydrogen-bond donors (Lipinski definition) is 1. The molecule has 3 nitrogen and oxygen atoms in total. The van der Waals surface area contributed by atoms with Crippen molar-refractivity contribution in [3.63, 3.8) is 0 Å². The van der Waals surface area contributed by atoms with Gasteiger partial charge in [-0.25, -0.2) is 0 Å². The molecule has 2 aromatic rings. The van der Waals surface area contributed by atoms with Crippen molar-refractivity contribution in [1.82, 2.24) is 0 Å². The van der Waals surface area contributed by atoms with Crippen LogP contribution in [0.25, 0.3) is 0 Å². The minimum Gasteiger partial charge on any atom is -0.497 e. The van der Waals surface area contributed by atoms with Crippen LogP contribution in [0.1, 0.15) is 22.3 Å². The third kappa shape index (κ3) is 3.48. The third-order valence-corrected chi connectivity index (χ3v) is 3.80. The lowest BCUT2D eigenvalue weighted by Crippen LogP contribution is -2.04. The van der Waals surface area contributed by atoms with E-state index >= 15 is 0 Å². The van der Waals surface area contributed by atoms with Crippen LogP contribution in [0, 0.1) is 20.8 Å². The first-order valence-corrected chi connectivity index (χ1v) is 7.07. The minimum atomic E-state index is 0.719. The van der Waals surface area contributed by atoms with E-state index in [-0.39, 0.29) is 0 Å². The lowest BCUT2D eigenvalue weighted by Gasteiger charge is -2.15. The number of rotatable bonds is 5. The lowest BCUT2D eigenvalue weighted by molar-refractivity contribution is 0.391. The Balaban J connectivity index is 2.18. The van der Waals surface area contributed by atoms with Crippen LogP contribution in [0.3, 0.4) is 0 Å². The predicted molar refractivity (Wildman–Crippen MR) is 87.5 cm³/mol. The van der Waals surface area contributed by atoms with E-state index in [9.17, 15) is 0 Å². The second kappa shape index (κ2) is 6.53. The van der Waals surface area contributed by atoms with E-state index in [1.54, 1.807) is 14.2 Å². The average Bonchev–Trinajstić information content (AvgIpc) is 2.49. The summed E-state index contributed by atoms with van der Waals surface area (Å²) in [7, 11) is 3.34. The number of methoxy groups -OCH3 is 2. The van der Waals surface area contributed by atoms with Crippen LogP contribution in [-0.4, -0.2) is 14.2 Å². The third-order valence-electron chi connectivity index (χ3n) is 3.80. The molecular formula is C18H23NO2. The van der Waals surface area contributed by atoms with Crippen molar-refractivity contribution < 1.29 is 9.47 Å². The molecule has 0 aliphatic carbocycles. The van der Waals surface area contributed by atoms with Gasteiger partial charge in [0.15, 0.2) is 0 Å². The molecule has 0 bridgehead atoms. The fourth-order valence-corrected chi connectivity index (χ4v) is 2.34. The number of hydrogen-bond acceptors (Lipinski definition) is 3. The minimum absolute atomic E-state index is 0.719. The zero-order valence-corrected chi connectivity index (χ0v) is 13.4. The van der Waals surface area contributed by atoms with Gasteiger partial charge in [0.1, 0.15) is 11.5 Å². The van der Waals surface area contributed by atoms with Crippen molar-refractivity contribution in [2.75, 3.05) is 19.5 Å². The Morgan fingerprint density at radius 3 is 2.24 bits per heavy atom. The number of nitrogens with one attached hydrogen (secondary N) is 1. The van der Waals surface area contributed by atoms with E-state index in [1.165, 1.54) is 16.7 Å². The zero-order valence-electron chi connectivity index (χ0n) is 13.4. The van der Waals surface area contributed by atoms with E-state index in [0.717, 1.165) is 29.3 Å². The highest BCUT2D eigenvalue weighted by Crippen LogP contribution is 2.26. The molecule has 0 aliphatic heterocycles. The largest absolute Gasteiger partial charge is 0.497 e. The molecule has 2 aromatic carbocycles. The summed E-state index contributed by atoms with van der Waals surface area (Å²) in [5.41, 5.74) is 6.14. The summed E-state index contributed by atoms with van der Waals surface area (Å²) < 4.78 is 10.7. The Labute approximate surface area is 126 Å². The Morgan fingerprint density at radius 2 is 1.57 bits per heavy atom. The maximum absolute atomic E-state index is 5.43. The number of ether oxygens (including phenoxy) is 2. The first kappa shape index (κ1) is 15.2. The number of aryl methyl sites for hydroxylation is 3. The maximum Gasteiger partial charge on any atom is 0.127 e. The summed E-state index contributed by atoms with van der Waals surface area (Å²) in [4.78, 5) is 0. The molecule has 0 aromatic heterocycles. The monoisotopic (exact) mass is 285 g/mol. The highest BCUT2D eigenvalue weighted by atomic mass is 16.5. The van der Waals surface area contributed by atoms with Gasteiger partial charge in [-0.3, -0.25) is 0 Å². The van der Waals surface area contributed by atoms with Gasteiger partial charge in [0.05, 0.1) is 14.2 Å².